The second kappa shape index (κ2) is 7.89. The molecule has 2 rings (SSSR count). The number of benzene rings is 1. The van der Waals surface area contributed by atoms with E-state index in [2.05, 4.69) is 4.74 Å². The first-order valence-corrected chi connectivity index (χ1v) is 9.33. The van der Waals surface area contributed by atoms with Crippen molar-refractivity contribution >= 4 is 30.1 Å². The third-order valence-corrected chi connectivity index (χ3v) is 5.37. The summed E-state index contributed by atoms with van der Waals surface area (Å²) in [6, 6.07) is 5.80. The summed E-state index contributed by atoms with van der Waals surface area (Å²) in [6.07, 6.45) is -3.28. The van der Waals surface area contributed by atoms with E-state index in [1.165, 1.54) is 31.2 Å². The zero-order valence-corrected chi connectivity index (χ0v) is 16.7. The van der Waals surface area contributed by atoms with E-state index < -0.39 is 24.7 Å². The smallest absolute Gasteiger partial charge is 0.405 e. The van der Waals surface area contributed by atoms with Crippen molar-refractivity contribution in [2.24, 2.45) is 0 Å². The number of rotatable bonds is 5. The molecule has 0 unspecified atom stereocenters. The van der Waals surface area contributed by atoms with Gasteiger partial charge in [0.05, 0.1) is 11.2 Å². The van der Waals surface area contributed by atoms with Gasteiger partial charge in [-0.3, -0.25) is 4.79 Å². The fraction of sp³-hybridized carbons (Fsp3) is 0.500. The number of ether oxygens (including phenoxy) is 1. The van der Waals surface area contributed by atoms with E-state index >= 15 is 0 Å². The molecule has 1 heterocycles. The first-order valence-electron chi connectivity index (χ1n) is 8.35. The normalized spacial score (nSPS) is 19.3. The van der Waals surface area contributed by atoms with E-state index in [-0.39, 0.29) is 22.2 Å². The number of carbonyl (C=O) groups excluding carboxylic acids is 1. The number of alkyl halides is 3. The lowest BCUT2D eigenvalue weighted by Gasteiger charge is -2.32. The van der Waals surface area contributed by atoms with Gasteiger partial charge in [-0.15, -0.1) is 13.2 Å². The first kappa shape index (κ1) is 21.9. The Morgan fingerprint density at radius 1 is 1.19 bits per heavy atom. The summed E-state index contributed by atoms with van der Waals surface area (Å²) < 4.78 is 54.1. The predicted octanol–water partition coefficient (Wildman–Crippen LogP) is 4.88. The molecule has 1 aliphatic rings. The minimum absolute atomic E-state index is 0.114. The van der Waals surface area contributed by atoms with Gasteiger partial charge in [-0.2, -0.15) is 0 Å². The highest BCUT2D eigenvalue weighted by Crippen LogP contribution is 2.40. The van der Waals surface area contributed by atoms with Gasteiger partial charge in [0.2, 0.25) is 0 Å². The molecular formula is C18H22BF3O4S. The molecule has 1 aromatic carbocycles. The van der Waals surface area contributed by atoms with Crippen LogP contribution in [0.2, 0.25) is 0 Å². The topological polar surface area (TPSA) is 44.8 Å². The third kappa shape index (κ3) is 5.76. The summed E-state index contributed by atoms with van der Waals surface area (Å²) in [4.78, 5) is 11.4. The zero-order chi connectivity index (χ0) is 20.5. The van der Waals surface area contributed by atoms with E-state index in [0.29, 0.717) is 5.47 Å². The van der Waals surface area contributed by atoms with Crippen molar-refractivity contribution in [2.45, 2.75) is 52.2 Å². The Labute approximate surface area is 161 Å². The SMILES string of the molecule is CC(=O)SCC(=Cc1ccccc1OC(F)(F)F)B1OC(C)(C)C(C)(C)O1. The molecule has 0 saturated carbocycles. The van der Waals surface area contributed by atoms with E-state index in [9.17, 15) is 18.0 Å². The van der Waals surface area contributed by atoms with E-state index in [4.69, 9.17) is 9.31 Å². The molecule has 9 heteroatoms. The summed E-state index contributed by atoms with van der Waals surface area (Å²) in [5.41, 5.74) is -0.449. The summed E-state index contributed by atoms with van der Waals surface area (Å²) >= 11 is 1.03. The molecule has 0 radical (unpaired) electrons. The number of hydrogen-bond acceptors (Lipinski definition) is 5. The molecule has 0 spiro atoms. The lowest BCUT2D eigenvalue weighted by molar-refractivity contribution is -0.274. The standard InChI is InChI=1S/C18H22BF3O4S/c1-12(23)27-11-14(19-25-16(2,3)17(4,5)26-19)10-13-8-6-7-9-15(13)24-18(20,21)22/h6-10H,11H2,1-5H3. The van der Waals surface area contributed by atoms with Crippen LogP contribution in [0.3, 0.4) is 0 Å². The number of hydrogen-bond donors (Lipinski definition) is 0. The molecule has 1 fully saturated rings. The van der Waals surface area contributed by atoms with Gasteiger partial charge in [-0.05, 0) is 39.2 Å². The van der Waals surface area contributed by atoms with Crippen LogP contribution < -0.4 is 4.74 Å². The van der Waals surface area contributed by atoms with E-state index in [1.807, 2.05) is 27.7 Å². The number of thioether (sulfide) groups is 1. The summed E-state index contributed by atoms with van der Waals surface area (Å²) in [5, 5.41) is -0.114. The molecule has 148 valence electrons. The van der Waals surface area contributed by atoms with Crippen LogP contribution in [0.5, 0.6) is 5.75 Å². The molecule has 0 N–H and O–H groups in total. The minimum Gasteiger partial charge on any atom is -0.405 e. The maximum absolute atomic E-state index is 12.7. The Bertz CT molecular complexity index is 716. The molecule has 27 heavy (non-hydrogen) atoms. The maximum Gasteiger partial charge on any atom is 0.573 e. The van der Waals surface area contributed by atoms with Gasteiger partial charge in [-0.1, -0.05) is 36.0 Å². The lowest BCUT2D eigenvalue weighted by atomic mass is 9.78. The average Bonchev–Trinajstić information content (AvgIpc) is 2.71. The van der Waals surface area contributed by atoms with Crippen LogP contribution in [-0.4, -0.2) is 35.6 Å². The Morgan fingerprint density at radius 2 is 1.74 bits per heavy atom. The summed E-state index contributed by atoms with van der Waals surface area (Å²) in [5.74, 6) is -0.0983. The van der Waals surface area contributed by atoms with E-state index in [0.717, 1.165) is 11.8 Å². The Hall–Kier alpha value is -1.45. The lowest BCUT2D eigenvalue weighted by Crippen LogP contribution is -2.41. The van der Waals surface area contributed by atoms with Crippen molar-refractivity contribution in [3.05, 3.63) is 35.3 Å². The summed E-state index contributed by atoms with van der Waals surface area (Å²) in [7, 11) is -0.777. The van der Waals surface area contributed by atoms with Gasteiger partial charge in [0.1, 0.15) is 5.75 Å². The second-order valence-electron chi connectivity index (χ2n) is 7.17. The van der Waals surface area contributed by atoms with Crippen molar-refractivity contribution in [3.8, 4) is 5.75 Å². The van der Waals surface area contributed by atoms with Crippen molar-refractivity contribution < 1.29 is 32.0 Å². The maximum atomic E-state index is 12.7. The quantitative estimate of drug-likeness (QED) is 0.657. The molecular weight excluding hydrogens is 380 g/mol. The number of carbonyl (C=O) groups is 1. The Balaban J connectivity index is 2.39. The van der Waals surface area contributed by atoms with Gasteiger partial charge in [0, 0.05) is 18.2 Å². The van der Waals surface area contributed by atoms with Crippen LogP contribution in [0.1, 0.15) is 40.2 Å². The van der Waals surface area contributed by atoms with Gasteiger partial charge >= 0.3 is 13.5 Å². The van der Waals surface area contributed by atoms with E-state index in [1.54, 1.807) is 6.07 Å². The van der Waals surface area contributed by atoms with Gasteiger partial charge in [0.25, 0.3) is 0 Å². The molecule has 0 aromatic heterocycles. The van der Waals surface area contributed by atoms with Gasteiger partial charge in [0.15, 0.2) is 5.12 Å². The van der Waals surface area contributed by atoms with Crippen LogP contribution in [0, 0.1) is 0 Å². The molecule has 1 saturated heterocycles. The highest BCUT2D eigenvalue weighted by Gasteiger charge is 2.52. The molecule has 0 atom stereocenters. The molecule has 1 aliphatic heterocycles. The highest BCUT2D eigenvalue weighted by molar-refractivity contribution is 8.13. The number of para-hydroxylation sites is 1. The third-order valence-electron chi connectivity index (χ3n) is 4.48. The van der Waals surface area contributed by atoms with Crippen molar-refractivity contribution in [1.82, 2.24) is 0 Å². The van der Waals surface area contributed by atoms with Crippen molar-refractivity contribution in [1.29, 1.82) is 0 Å². The van der Waals surface area contributed by atoms with Crippen molar-refractivity contribution in [2.75, 3.05) is 5.75 Å². The van der Waals surface area contributed by atoms with Crippen molar-refractivity contribution in [3.63, 3.8) is 0 Å². The highest BCUT2D eigenvalue weighted by atomic mass is 32.2. The average molecular weight is 402 g/mol. The Kier molecular flexibility index (Phi) is 6.38. The monoisotopic (exact) mass is 402 g/mol. The molecule has 0 aliphatic carbocycles. The Morgan fingerprint density at radius 3 is 2.26 bits per heavy atom. The number of halogens is 3. The molecule has 0 amide bonds. The summed E-state index contributed by atoms with van der Waals surface area (Å²) in [6.45, 7) is 8.94. The van der Waals surface area contributed by atoms with Crippen LogP contribution >= 0.6 is 11.8 Å². The molecule has 1 aromatic rings. The van der Waals surface area contributed by atoms with Gasteiger partial charge < -0.3 is 14.0 Å². The zero-order valence-electron chi connectivity index (χ0n) is 15.8. The molecule has 0 bridgehead atoms. The first-order chi connectivity index (χ1) is 12.3. The van der Waals surface area contributed by atoms with Crippen LogP contribution in [-0.2, 0) is 14.1 Å². The minimum atomic E-state index is -4.80. The largest absolute Gasteiger partial charge is 0.573 e. The van der Waals surface area contributed by atoms with Crippen LogP contribution in [0.15, 0.2) is 29.7 Å². The fourth-order valence-corrected chi connectivity index (χ4v) is 2.96. The van der Waals surface area contributed by atoms with Crippen LogP contribution in [0.4, 0.5) is 13.2 Å². The predicted molar refractivity (Wildman–Crippen MR) is 100 cm³/mol. The second-order valence-corrected chi connectivity index (χ2v) is 8.33. The van der Waals surface area contributed by atoms with Gasteiger partial charge in [-0.25, -0.2) is 0 Å². The molecule has 4 nitrogen and oxygen atoms in total. The van der Waals surface area contributed by atoms with Crippen LogP contribution in [0.25, 0.3) is 6.08 Å². The fourth-order valence-electron chi connectivity index (χ4n) is 2.37.